The smallest absolute Gasteiger partial charge is 0.462 e. The van der Waals surface area contributed by atoms with Crippen molar-refractivity contribution in [2.45, 2.75) is 350 Å². The molecule has 17 nitrogen and oxygen atoms in total. The Morgan fingerprint density at radius 2 is 0.552 bits per heavy atom. The van der Waals surface area contributed by atoms with Crippen LogP contribution in [-0.4, -0.2) is 96.7 Å². The van der Waals surface area contributed by atoms with E-state index in [1.807, 2.05) is 0 Å². The highest BCUT2D eigenvalue weighted by atomic mass is 31.2. The van der Waals surface area contributed by atoms with Crippen LogP contribution in [0.25, 0.3) is 0 Å². The van der Waals surface area contributed by atoms with E-state index in [1.54, 1.807) is 0 Å². The summed E-state index contributed by atoms with van der Waals surface area (Å²) < 4.78 is 68.2. The number of phosphoric ester groups is 2. The zero-order chi connectivity index (χ0) is 64.7. The van der Waals surface area contributed by atoms with Gasteiger partial charge in [-0.2, -0.15) is 0 Å². The number of rotatable bonds is 65. The van der Waals surface area contributed by atoms with Crippen LogP contribution < -0.4 is 0 Å². The lowest BCUT2D eigenvalue weighted by Crippen LogP contribution is -2.30. The van der Waals surface area contributed by atoms with E-state index in [0.717, 1.165) is 120 Å². The second-order valence-corrected chi connectivity index (χ2v) is 28.9. The molecule has 0 spiro atoms. The molecule has 0 bridgehead atoms. The number of hydrogen-bond acceptors (Lipinski definition) is 15. The van der Waals surface area contributed by atoms with Gasteiger partial charge in [-0.05, 0) is 49.4 Å². The third kappa shape index (κ3) is 60.1. The summed E-state index contributed by atoms with van der Waals surface area (Å²) in [7, 11) is -9.90. The Kier molecular flexibility index (Phi) is 56.6. The zero-order valence-corrected chi connectivity index (χ0v) is 58.4. The first-order chi connectivity index (χ1) is 41.7. The molecule has 0 saturated carbocycles. The Balaban J connectivity index is 5.27. The fourth-order valence-electron chi connectivity index (χ4n) is 10.1. The van der Waals surface area contributed by atoms with E-state index in [-0.39, 0.29) is 25.7 Å². The molecule has 3 N–H and O–H groups in total. The molecule has 0 saturated heterocycles. The van der Waals surface area contributed by atoms with Crippen molar-refractivity contribution in [2.24, 2.45) is 23.7 Å². The molecule has 0 rings (SSSR count). The standard InChI is InChI=1S/C68H132O17P2/c1-9-60(7)46-38-30-22-15-11-12-16-24-34-42-50-67(72)84-64(55-79-66(71)49-41-33-27-26-31-39-47-61(8)10-2)57-83-87(76,77)81-53-62(69)52-80-86(74,75)82-56-63(85-68(73)51-43-35-25-19-18-21-29-37-45-59(5)6)54-78-65(70)48-40-32-23-17-13-14-20-28-36-44-58(3)4/h58-64,69H,9-57H2,1-8H3,(H,74,75)(H,76,77)/t60?,61?,62-,63-,64-/m1/s1. The van der Waals surface area contributed by atoms with E-state index in [4.69, 9.17) is 37.0 Å². The van der Waals surface area contributed by atoms with Gasteiger partial charge in [0.1, 0.15) is 19.3 Å². The number of carbonyl (C=O) groups is 4. The minimum absolute atomic E-state index is 0.103. The number of phosphoric acid groups is 2. The van der Waals surface area contributed by atoms with Crippen LogP contribution in [0.1, 0.15) is 331 Å². The molecule has 19 heteroatoms. The molecule has 0 amide bonds. The number of carbonyl (C=O) groups excluding carboxylic acids is 4. The summed E-state index contributed by atoms with van der Waals surface area (Å²) in [5, 5.41) is 10.6. The van der Waals surface area contributed by atoms with Crippen molar-refractivity contribution >= 4 is 39.5 Å². The SMILES string of the molecule is CCC(C)CCCCCCCCCCCCC(=O)O[C@H](COC(=O)CCCCCCCCC(C)CC)COP(=O)(O)OC[C@H](O)COP(=O)(O)OC[C@@H](COC(=O)CCCCCCCCCCCC(C)C)OC(=O)CCCCCCCCCCC(C)C. The van der Waals surface area contributed by atoms with Crippen molar-refractivity contribution in [1.82, 2.24) is 0 Å². The van der Waals surface area contributed by atoms with Gasteiger partial charge in [0.05, 0.1) is 26.4 Å². The topological polar surface area (TPSA) is 237 Å². The molecule has 0 radical (unpaired) electrons. The highest BCUT2D eigenvalue weighted by Crippen LogP contribution is 2.45. The number of hydrogen-bond donors (Lipinski definition) is 3. The van der Waals surface area contributed by atoms with Crippen LogP contribution in [0.5, 0.6) is 0 Å². The first kappa shape index (κ1) is 85.1. The summed E-state index contributed by atoms with van der Waals surface area (Å²) in [5.41, 5.74) is 0. The highest BCUT2D eigenvalue weighted by Gasteiger charge is 2.30. The number of esters is 4. The van der Waals surface area contributed by atoms with E-state index >= 15 is 0 Å². The zero-order valence-electron chi connectivity index (χ0n) is 56.6. The summed E-state index contributed by atoms with van der Waals surface area (Å²) in [6.07, 6.45) is 38.9. The predicted molar refractivity (Wildman–Crippen MR) is 349 cm³/mol. The Hall–Kier alpha value is -1.94. The van der Waals surface area contributed by atoms with E-state index in [1.165, 1.54) is 128 Å². The maximum atomic E-state index is 13.0. The average molecular weight is 1280 g/mol. The lowest BCUT2D eigenvalue weighted by molar-refractivity contribution is -0.161. The van der Waals surface area contributed by atoms with Crippen molar-refractivity contribution in [3.8, 4) is 0 Å². The molecule has 0 aromatic rings. The van der Waals surface area contributed by atoms with E-state index in [9.17, 15) is 43.2 Å². The van der Waals surface area contributed by atoms with Gasteiger partial charge in [0.25, 0.3) is 0 Å². The normalized spacial score (nSPS) is 15.0. The largest absolute Gasteiger partial charge is 0.472 e. The molecule has 87 heavy (non-hydrogen) atoms. The molecule has 0 heterocycles. The lowest BCUT2D eigenvalue weighted by Gasteiger charge is -2.21. The first-order valence-corrected chi connectivity index (χ1v) is 38.3. The molecule has 0 aliphatic rings. The molecule has 0 aliphatic heterocycles. The molecule has 4 unspecified atom stereocenters. The molecular weight excluding hydrogens is 1150 g/mol. The predicted octanol–water partition coefficient (Wildman–Crippen LogP) is 18.9. The minimum Gasteiger partial charge on any atom is -0.462 e. The molecular formula is C68H132O17P2. The van der Waals surface area contributed by atoms with Crippen molar-refractivity contribution < 1.29 is 80.2 Å². The second kappa shape index (κ2) is 57.9. The lowest BCUT2D eigenvalue weighted by atomic mass is 9.99. The van der Waals surface area contributed by atoms with Gasteiger partial charge in [-0.1, -0.05) is 280 Å². The number of aliphatic hydroxyl groups is 1. The van der Waals surface area contributed by atoms with Crippen molar-refractivity contribution in [1.29, 1.82) is 0 Å². The van der Waals surface area contributed by atoms with Crippen LogP contribution in [0, 0.1) is 23.7 Å². The Morgan fingerprint density at radius 3 is 0.816 bits per heavy atom. The molecule has 0 aromatic carbocycles. The van der Waals surface area contributed by atoms with E-state index < -0.39 is 97.5 Å². The van der Waals surface area contributed by atoms with Crippen molar-refractivity contribution in [2.75, 3.05) is 39.6 Å². The van der Waals surface area contributed by atoms with Gasteiger partial charge in [0, 0.05) is 25.7 Å². The van der Waals surface area contributed by atoms with Crippen LogP contribution in [0.3, 0.4) is 0 Å². The monoisotopic (exact) mass is 1280 g/mol. The van der Waals surface area contributed by atoms with Gasteiger partial charge in [-0.25, -0.2) is 9.13 Å². The first-order valence-electron chi connectivity index (χ1n) is 35.3. The van der Waals surface area contributed by atoms with E-state index in [2.05, 4.69) is 55.4 Å². The van der Waals surface area contributed by atoms with Gasteiger partial charge < -0.3 is 33.8 Å². The maximum Gasteiger partial charge on any atom is 0.472 e. The van der Waals surface area contributed by atoms with Crippen LogP contribution >= 0.6 is 15.6 Å². The average Bonchev–Trinajstić information content (AvgIpc) is 3.69. The Labute approximate surface area is 530 Å². The third-order valence-corrected chi connectivity index (χ3v) is 18.2. The molecule has 516 valence electrons. The maximum absolute atomic E-state index is 13.0. The number of ether oxygens (including phenoxy) is 4. The van der Waals surface area contributed by atoms with Crippen LogP contribution in [0.4, 0.5) is 0 Å². The van der Waals surface area contributed by atoms with E-state index in [0.29, 0.717) is 25.7 Å². The fraction of sp³-hybridized carbons (Fsp3) is 0.941. The summed E-state index contributed by atoms with van der Waals surface area (Å²) in [5.74, 6) is 0.861. The van der Waals surface area contributed by atoms with Crippen molar-refractivity contribution in [3.05, 3.63) is 0 Å². The molecule has 0 aromatic heterocycles. The molecule has 0 fully saturated rings. The number of aliphatic hydroxyl groups excluding tert-OH is 1. The van der Waals surface area contributed by atoms with Gasteiger partial charge >= 0.3 is 39.5 Å². The van der Waals surface area contributed by atoms with Gasteiger partial charge in [-0.15, -0.1) is 0 Å². The van der Waals surface area contributed by atoms with Gasteiger partial charge in [0.2, 0.25) is 0 Å². The fourth-order valence-corrected chi connectivity index (χ4v) is 11.7. The summed E-state index contributed by atoms with van der Waals surface area (Å²) in [6, 6.07) is 0. The number of unbranched alkanes of at least 4 members (excludes halogenated alkanes) is 29. The summed E-state index contributed by atoms with van der Waals surface area (Å²) >= 11 is 0. The quantitative estimate of drug-likeness (QED) is 0.0222. The van der Waals surface area contributed by atoms with Crippen LogP contribution in [0.2, 0.25) is 0 Å². The summed E-state index contributed by atoms with van der Waals surface area (Å²) in [4.78, 5) is 72.4. The van der Waals surface area contributed by atoms with Gasteiger partial charge in [-0.3, -0.25) is 37.3 Å². The van der Waals surface area contributed by atoms with Crippen LogP contribution in [-0.2, 0) is 65.4 Å². The minimum atomic E-state index is -4.95. The summed E-state index contributed by atoms with van der Waals surface area (Å²) in [6.45, 7) is 14.1. The molecule has 0 aliphatic carbocycles. The highest BCUT2D eigenvalue weighted by molar-refractivity contribution is 7.47. The third-order valence-electron chi connectivity index (χ3n) is 16.3. The van der Waals surface area contributed by atoms with Crippen LogP contribution in [0.15, 0.2) is 0 Å². The van der Waals surface area contributed by atoms with Crippen molar-refractivity contribution in [3.63, 3.8) is 0 Å². The van der Waals surface area contributed by atoms with Gasteiger partial charge in [0.15, 0.2) is 12.2 Å². The Bertz CT molecular complexity index is 1730. The molecule has 7 atom stereocenters. The second-order valence-electron chi connectivity index (χ2n) is 26.0. The Morgan fingerprint density at radius 1 is 0.322 bits per heavy atom.